The number of ether oxygens (including phenoxy) is 1. The number of esters is 1. The highest BCUT2D eigenvalue weighted by atomic mass is 35.5. The van der Waals surface area contributed by atoms with E-state index in [9.17, 15) is 4.79 Å². The fraction of sp³-hybridized carbons (Fsp3) is 0.0769. The second-order valence-corrected chi connectivity index (χ2v) is 4.90. The lowest BCUT2D eigenvalue weighted by Crippen LogP contribution is -2.04. The summed E-state index contributed by atoms with van der Waals surface area (Å²) in [7, 11) is 1.30. The van der Waals surface area contributed by atoms with Gasteiger partial charge in [0.05, 0.1) is 12.7 Å². The van der Waals surface area contributed by atoms with Gasteiger partial charge in [0.2, 0.25) is 0 Å². The molecular formula is C13H8Cl3NO2. The topological polar surface area (TPSA) is 39.2 Å². The molecule has 0 spiro atoms. The van der Waals surface area contributed by atoms with E-state index in [2.05, 4.69) is 4.98 Å². The molecule has 0 aliphatic heterocycles. The van der Waals surface area contributed by atoms with Crippen molar-refractivity contribution in [2.45, 2.75) is 0 Å². The molecule has 0 bridgehead atoms. The van der Waals surface area contributed by atoms with Crippen molar-refractivity contribution in [1.29, 1.82) is 0 Å². The number of nitrogens with zero attached hydrogens (tertiary/aromatic N) is 1. The van der Waals surface area contributed by atoms with Crippen molar-refractivity contribution in [2.24, 2.45) is 0 Å². The maximum Gasteiger partial charge on any atom is 0.338 e. The van der Waals surface area contributed by atoms with Gasteiger partial charge in [-0.3, -0.25) is 0 Å². The minimum atomic E-state index is -0.509. The Morgan fingerprint density at radius 2 is 1.89 bits per heavy atom. The molecule has 6 heteroatoms. The van der Waals surface area contributed by atoms with Gasteiger partial charge in [0.15, 0.2) is 0 Å². The van der Waals surface area contributed by atoms with Crippen LogP contribution in [0, 0.1) is 0 Å². The summed E-state index contributed by atoms with van der Waals surface area (Å²) >= 11 is 17.8. The molecule has 0 aliphatic carbocycles. The van der Waals surface area contributed by atoms with Gasteiger partial charge in [0, 0.05) is 27.4 Å². The van der Waals surface area contributed by atoms with E-state index in [1.54, 1.807) is 18.2 Å². The minimum Gasteiger partial charge on any atom is -0.465 e. The van der Waals surface area contributed by atoms with Gasteiger partial charge in [-0.1, -0.05) is 40.9 Å². The first-order valence-corrected chi connectivity index (χ1v) is 6.35. The SMILES string of the molecule is COC(=O)c1cc(Cl)ncc1-c1ccc(Cl)cc1Cl. The number of pyridine rings is 1. The number of methoxy groups -OCH3 is 1. The van der Waals surface area contributed by atoms with Crippen LogP contribution in [0.1, 0.15) is 10.4 Å². The molecule has 3 nitrogen and oxygen atoms in total. The van der Waals surface area contributed by atoms with Gasteiger partial charge in [0.1, 0.15) is 5.15 Å². The Morgan fingerprint density at radius 1 is 1.16 bits per heavy atom. The quantitative estimate of drug-likeness (QED) is 0.605. The summed E-state index contributed by atoms with van der Waals surface area (Å²) < 4.78 is 4.72. The monoisotopic (exact) mass is 315 g/mol. The fourth-order valence-electron chi connectivity index (χ4n) is 1.63. The lowest BCUT2D eigenvalue weighted by molar-refractivity contribution is 0.0601. The summed E-state index contributed by atoms with van der Waals surface area (Å²) in [6, 6.07) is 6.42. The Balaban J connectivity index is 2.64. The highest BCUT2D eigenvalue weighted by Gasteiger charge is 2.16. The zero-order chi connectivity index (χ0) is 14.0. The van der Waals surface area contributed by atoms with Gasteiger partial charge in [-0.25, -0.2) is 9.78 Å². The molecule has 1 aromatic carbocycles. The highest BCUT2D eigenvalue weighted by molar-refractivity contribution is 6.36. The van der Waals surface area contributed by atoms with Crippen molar-refractivity contribution in [3.05, 3.63) is 51.2 Å². The van der Waals surface area contributed by atoms with E-state index in [4.69, 9.17) is 39.5 Å². The number of carbonyl (C=O) groups is 1. The zero-order valence-corrected chi connectivity index (χ0v) is 12.1. The number of hydrogen-bond donors (Lipinski definition) is 0. The standard InChI is InChI=1S/C13H8Cl3NO2/c1-19-13(18)9-5-12(16)17-6-10(9)8-3-2-7(14)4-11(8)15/h2-6H,1H3. The molecule has 0 amide bonds. The Labute approximate surface area is 125 Å². The zero-order valence-electron chi connectivity index (χ0n) is 9.78. The van der Waals surface area contributed by atoms with Crippen LogP contribution in [0.2, 0.25) is 15.2 Å². The van der Waals surface area contributed by atoms with Crippen LogP contribution in [0.15, 0.2) is 30.5 Å². The number of aromatic nitrogens is 1. The number of rotatable bonds is 2. The Bertz CT molecular complexity index is 644. The van der Waals surface area contributed by atoms with Crippen LogP contribution in [-0.2, 0) is 4.74 Å². The van der Waals surface area contributed by atoms with Gasteiger partial charge in [-0.05, 0) is 18.2 Å². The normalized spacial score (nSPS) is 10.3. The largest absolute Gasteiger partial charge is 0.465 e. The molecule has 19 heavy (non-hydrogen) atoms. The second-order valence-electron chi connectivity index (χ2n) is 3.67. The van der Waals surface area contributed by atoms with Crippen LogP contribution in [0.4, 0.5) is 0 Å². The van der Waals surface area contributed by atoms with E-state index in [0.717, 1.165) is 0 Å². The summed E-state index contributed by atoms with van der Waals surface area (Å²) in [6.07, 6.45) is 1.48. The molecule has 0 fully saturated rings. The number of benzene rings is 1. The molecule has 0 N–H and O–H groups in total. The molecule has 0 saturated heterocycles. The third-order valence-corrected chi connectivity index (χ3v) is 3.25. The van der Waals surface area contributed by atoms with Crippen molar-refractivity contribution < 1.29 is 9.53 Å². The highest BCUT2D eigenvalue weighted by Crippen LogP contribution is 2.33. The molecule has 0 atom stereocenters. The predicted octanol–water partition coefficient (Wildman–Crippen LogP) is 4.50. The molecule has 0 radical (unpaired) electrons. The summed E-state index contributed by atoms with van der Waals surface area (Å²) in [6.45, 7) is 0. The summed E-state index contributed by atoms with van der Waals surface area (Å²) in [4.78, 5) is 15.7. The second kappa shape index (κ2) is 5.78. The Kier molecular flexibility index (Phi) is 4.30. The van der Waals surface area contributed by atoms with Crippen LogP contribution in [-0.4, -0.2) is 18.1 Å². The van der Waals surface area contributed by atoms with Crippen molar-refractivity contribution in [3.63, 3.8) is 0 Å². The van der Waals surface area contributed by atoms with E-state index in [-0.39, 0.29) is 5.15 Å². The first kappa shape index (κ1) is 14.1. The average Bonchev–Trinajstić information content (AvgIpc) is 2.38. The van der Waals surface area contributed by atoms with Crippen molar-refractivity contribution in [2.75, 3.05) is 7.11 Å². The van der Waals surface area contributed by atoms with E-state index in [0.29, 0.717) is 26.7 Å². The van der Waals surface area contributed by atoms with Crippen LogP contribution < -0.4 is 0 Å². The van der Waals surface area contributed by atoms with E-state index >= 15 is 0 Å². The van der Waals surface area contributed by atoms with Crippen LogP contribution >= 0.6 is 34.8 Å². The number of hydrogen-bond acceptors (Lipinski definition) is 3. The third kappa shape index (κ3) is 3.00. The van der Waals surface area contributed by atoms with Crippen LogP contribution in [0.25, 0.3) is 11.1 Å². The minimum absolute atomic E-state index is 0.203. The molecule has 1 aromatic heterocycles. The fourth-order valence-corrected chi connectivity index (χ4v) is 2.30. The third-order valence-electron chi connectivity index (χ3n) is 2.50. The molecular weight excluding hydrogens is 309 g/mol. The van der Waals surface area contributed by atoms with Crippen LogP contribution in [0.5, 0.6) is 0 Å². The Hall–Kier alpha value is -1.29. The molecule has 98 valence electrons. The Morgan fingerprint density at radius 3 is 2.53 bits per heavy atom. The van der Waals surface area contributed by atoms with Crippen molar-refractivity contribution >= 4 is 40.8 Å². The maximum absolute atomic E-state index is 11.8. The van der Waals surface area contributed by atoms with Gasteiger partial charge in [-0.2, -0.15) is 0 Å². The average molecular weight is 317 g/mol. The van der Waals surface area contributed by atoms with Gasteiger partial charge >= 0.3 is 5.97 Å². The molecule has 2 aromatic rings. The summed E-state index contributed by atoms with van der Waals surface area (Å²) in [5.74, 6) is -0.509. The predicted molar refractivity (Wildman–Crippen MR) is 76.0 cm³/mol. The van der Waals surface area contributed by atoms with E-state index < -0.39 is 5.97 Å². The number of carbonyl (C=O) groups excluding carboxylic acids is 1. The molecule has 2 rings (SSSR count). The summed E-state index contributed by atoms with van der Waals surface area (Å²) in [5, 5.41) is 1.13. The van der Waals surface area contributed by atoms with Crippen LogP contribution in [0.3, 0.4) is 0 Å². The molecule has 1 heterocycles. The van der Waals surface area contributed by atoms with E-state index in [1.807, 2.05) is 0 Å². The van der Waals surface area contributed by atoms with Crippen molar-refractivity contribution in [1.82, 2.24) is 4.98 Å². The first-order valence-electron chi connectivity index (χ1n) is 5.22. The molecule has 0 unspecified atom stereocenters. The number of halogens is 3. The van der Waals surface area contributed by atoms with Crippen molar-refractivity contribution in [3.8, 4) is 11.1 Å². The molecule has 0 saturated carbocycles. The van der Waals surface area contributed by atoms with Gasteiger partial charge in [0.25, 0.3) is 0 Å². The maximum atomic E-state index is 11.8. The van der Waals surface area contributed by atoms with Gasteiger partial charge < -0.3 is 4.74 Å². The lowest BCUT2D eigenvalue weighted by Gasteiger charge is -2.10. The van der Waals surface area contributed by atoms with E-state index in [1.165, 1.54) is 19.4 Å². The van der Waals surface area contributed by atoms with Gasteiger partial charge in [-0.15, -0.1) is 0 Å². The summed E-state index contributed by atoms with van der Waals surface area (Å²) in [5.41, 5.74) is 1.47. The lowest BCUT2D eigenvalue weighted by atomic mass is 10.0. The first-order chi connectivity index (χ1) is 9.02. The molecule has 0 aliphatic rings. The smallest absolute Gasteiger partial charge is 0.338 e.